The van der Waals surface area contributed by atoms with Gasteiger partial charge in [-0.25, -0.2) is 0 Å². The molecule has 0 unspecified atom stereocenters. The van der Waals surface area contributed by atoms with Gasteiger partial charge in [-0.2, -0.15) is 0 Å². The van der Waals surface area contributed by atoms with E-state index in [1.807, 2.05) is 36.4 Å². The fourth-order valence-electron chi connectivity index (χ4n) is 6.57. The lowest BCUT2D eigenvalue weighted by Gasteiger charge is -2.44. The van der Waals surface area contributed by atoms with Gasteiger partial charge >= 0.3 is 0 Å². The molecule has 0 spiro atoms. The molecule has 3 heterocycles. The minimum absolute atomic E-state index is 0.112. The molecular formula is C36H32O9. The zero-order valence-electron chi connectivity index (χ0n) is 24.8. The number of hydrogen-bond acceptors (Lipinski definition) is 9. The van der Waals surface area contributed by atoms with Crippen LogP contribution in [0, 0.1) is 0 Å². The minimum atomic E-state index is -1.36. The highest BCUT2D eigenvalue weighted by Gasteiger charge is 2.52. The predicted octanol–water partition coefficient (Wildman–Crippen LogP) is 4.63. The molecule has 2 bridgehead atoms. The van der Waals surface area contributed by atoms with Crippen molar-refractivity contribution >= 4 is 11.0 Å². The van der Waals surface area contributed by atoms with Crippen molar-refractivity contribution in [3.05, 3.63) is 133 Å². The van der Waals surface area contributed by atoms with Crippen molar-refractivity contribution in [2.75, 3.05) is 14.2 Å². The molecule has 9 nitrogen and oxygen atoms in total. The van der Waals surface area contributed by atoms with Crippen LogP contribution in [0.3, 0.4) is 0 Å². The zero-order valence-corrected chi connectivity index (χ0v) is 24.8. The Morgan fingerprint density at radius 2 is 1.51 bits per heavy atom. The van der Waals surface area contributed by atoms with Crippen LogP contribution in [-0.2, 0) is 25.7 Å². The summed E-state index contributed by atoms with van der Waals surface area (Å²) in [5.41, 5.74) is 2.62. The third-order valence-corrected chi connectivity index (χ3v) is 8.80. The molecule has 1 aliphatic heterocycles. The molecule has 0 radical (unpaired) electrons. The molecule has 7 rings (SSSR count). The third kappa shape index (κ3) is 5.08. The molecule has 4 atom stereocenters. The van der Waals surface area contributed by atoms with E-state index in [1.54, 1.807) is 24.3 Å². The average Bonchev–Trinajstić information content (AvgIpc) is 3.05. The number of aryl methyl sites for hydroxylation is 4. The number of rotatable bonds is 8. The molecule has 2 aliphatic rings. The smallest absolute Gasteiger partial charge is 0.193 e. The van der Waals surface area contributed by atoms with Crippen molar-refractivity contribution in [3.63, 3.8) is 0 Å². The Bertz CT molecular complexity index is 2010. The van der Waals surface area contributed by atoms with Gasteiger partial charge in [0.2, 0.25) is 0 Å². The van der Waals surface area contributed by atoms with Crippen LogP contribution in [0.15, 0.2) is 91.2 Å². The fraction of sp³-hybridized carbons (Fsp3) is 0.278. The summed E-state index contributed by atoms with van der Waals surface area (Å²) in [6.45, 7) is 0. The zero-order chi connectivity index (χ0) is 31.2. The van der Waals surface area contributed by atoms with Crippen LogP contribution in [-0.4, -0.2) is 36.6 Å². The van der Waals surface area contributed by atoms with Gasteiger partial charge in [-0.1, -0.05) is 36.4 Å². The van der Waals surface area contributed by atoms with E-state index in [4.69, 9.17) is 23.0 Å². The van der Waals surface area contributed by atoms with Gasteiger partial charge in [0.25, 0.3) is 0 Å². The number of methoxy groups -OCH3 is 2. The van der Waals surface area contributed by atoms with E-state index in [0.29, 0.717) is 71.0 Å². The first-order valence-electron chi connectivity index (χ1n) is 14.9. The van der Waals surface area contributed by atoms with Gasteiger partial charge in [0.05, 0.1) is 31.1 Å². The number of aliphatic hydroxyl groups is 2. The Labute approximate surface area is 258 Å². The highest BCUT2D eigenvalue weighted by molar-refractivity contribution is 5.78. The molecule has 3 aromatic carbocycles. The molecule has 230 valence electrons. The number of fused-ring (bicyclic) bond motifs is 7. The molecular weight excluding hydrogens is 576 g/mol. The Morgan fingerprint density at radius 1 is 0.756 bits per heavy atom. The van der Waals surface area contributed by atoms with Crippen molar-refractivity contribution in [2.45, 2.75) is 49.9 Å². The standard InChI is InChI=1S/C36H32O9/c1-41-21-13-15-27-24(16-21)25(37)17-22(43-27)12-9-20-10-14-28(42-2)34-29(20)31-30-26(38)18-23(11-8-19-6-4-3-5-7-19)44-35(30)33(40)36(45-34)32(31)39/h3-7,10,13-18,31-33,36,39-40H,8-9,11-12H2,1-2H3/t31-,32+,33-,36-/m1/s1. The summed E-state index contributed by atoms with van der Waals surface area (Å²) in [5.74, 6) is 1.57. The normalized spacial score (nSPS) is 19.8. The number of aliphatic hydroxyl groups excluding tert-OH is 2. The maximum Gasteiger partial charge on any atom is 0.193 e. The minimum Gasteiger partial charge on any atom is -0.497 e. The fourth-order valence-corrected chi connectivity index (χ4v) is 6.57. The van der Waals surface area contributed by atoms with E-state index >= 15 is 0 Å². The van der Waals surface area contributed by atoms with Gasteiger partial charge in [-0.15, -0.1) is 0 Å². The highest BCUT2D eigenvalue weighted by Crippen LogP contribution is 2.52. The van der Waals surface area contributed by atoms with E-state index in [9.17, 15) is 19.8 Å². The van der Waals surface area contributed by atoms with E-state index < -0.39 is 24.2 Å². The van der Waals surface area contributed by atoms with E-state index in [2.05, 4.69) is 0 Å². The molecule has 1 aliphatic carbocycles. The second-order valence-corrected chi connectivity index (χ2v) is 11.4. The number of hydrogen-bond donors (Lipinski definition) is 2. The summed E-state index contributed by atoms with van der Waals surface area (Å²) in [5, 5.41) is 23.2. The quantitative estimate of drug-likeness (QED) is 0.259. The van der Waals surface area contributed by atoms with Gasteiger partial charge < -0.3 is 33.3 Å². The lowest BCUT2D eigenvalue weighted by molar-refractivity contribution is -0.0836. The molecule has 0 saturated carbocycles. The topological polar surface area (TPSA) is 129 Å². The lowest BCUT2D eigenvalue weighted by atomic mass is 9.72. The lowest BCUT2D eigenvalue weighted by Crippen LogP contribution is -2.50. The van der Waals surface area contributed by atoms with Crippen LogP contribution in [0.4, 0.5) is 0 Å². The van der Waals surface area contributed by atoms with E-state index in [0.717, 1.165) is 11.1 Å². The van der Waals surface area contributed by atoms with Crippen molar-refractivity contribution in [1.29, 1.82) is 0 Å². The van der Waals surface area contributed by atoms with Crippen LogP contribution in [0.1, 0.15) is 51.6 Å². The monoisotopic (exact) mass is 608 g/mol. The van der Waals surface area contributed by atoms with Gasteiger partial charge in [0, 0.05) is 30.5 Å². The van der Waals surface area contributed by atoms with Gasteiger partial charge in [-0.05, 0) is 48.2 Å². The number of benzene rings is 3. The maximum atomic E-state index is 13.7. The van der Waals surface area contributed by atoms with Crippen LogP contribution in [0.5, 0.6) is 17.2 Å². The van der Waals surface area contributed by atoms with Crippen LogP contribution in [0.25, 0.3) is 11.0 Å². The largest absolute Gasteiger partial charge is 0.497 e. The summed E-state index contributed by atoms with van der Waals surface area (Å²) in [6, 6.07) is 21.5. The summed E-state index contributed by atoms with van der Waals surface area (Å²) in [6.07, 6.45) is -1.73. The van der Waals surface area contributed by atoms with Crippen molar-refractivity contribution in [1.82, 2.24) is 0 Å². The molecule has 9 heteroatoms. The van der Waals surface area contributed by atoms with Crippen molar-refractivity contribution < 1.29 is 33.3 Å². The second kappa shape index (κ2) is 11.6. The summed E-state index contributed by atoms with van der Waals surface area (Å²) in [7, 11) is 3.05. The SMILES string of the molecule is COc1ccc2oc(CCc3ccc(OC)c4c3[C@@H]3c5c(oc(CCc6ccccc6)cc5=O)[C@@H](O)[C@H](O4)[C@H]3O)cc(=O)c2c1. The third-order valence-electron chi connectivity index (χ3n) is 8.80. The van der Waals surface area contributed by atoms with Crippen molar-refractivity contribution in [2.24, 2.45) is 0 Å². The predicted molar refractivity (Wildman–Crippen MR) is 165 cm³/mol. The Balaban J connectivity index is 1.26. The second-order valence-electron chi connectivity index (χ2n) is 11.4. The first kappa shape index (κ1) is 28.9. The maximum absolute atomic E-state index is 13.7. The first-order valence-corrected chi connectivity index (χ1v) is 14.9. The molecule has 0 amide bonds. The van der Waals surface area contributed by atoms with Gasteiger partial charge in [0.15, 0.2) is 34.6 Å². The van der Waals surface area contributed by atoms with E-state index in [-0.39, 0.29) is 22.2 Å². The average molecular weight is 609 g/mol. The molecule has 2 N–H and O–H groups in total. The van der Waals surface area contributed by atoms with Crippen LogP contribution < -0.4 is 25.1 Å². The molecule has 45 heavy (non-hydrogen) atoms. The Morgan fingerprint density at radius 3 is 2.29 bits per heavy atom. The Kier molecular flexibility index (Phi) is 7.43. The Hall–Kier alpha value is -4.86. The van der Waals surface area contributed by atoms with Gasteiger partial charge in [0.1, 0.15) is 34.7 Å². The summed E-state index contributed by atoms with van der Waals surface area (Å²) in [4.78, 5) is 26.6. The summed E-state index contributed by atoms with van der Waals surface area (Å²) >= 11 is 0. The van der Waals surface area contributed by atoms with E-state index in [1.165, 1.54) is 26.4 Å². The summed E-state index contributed by atoms with van der Waals surface area (Å²) < 4.78 is 29.3. The van der Waals surface area contributed by atoms with Gasteiger partial charge in [-0.3, -0.25) is 9.59 Å². The van der Waals surface area contributed by atoms with Crippen LogP contribution >= 0.6 is 0 Å². The molecule has 0 saturated heterocycles. The van der Waals surface area contributed by atoms with Crippen molar-refractivity contribution in [3.8, 4) is 17.2 Å². The number of ether oxygens (including phenoxy) is 3. The molecule has 2 aromatic heterocycles. The highest BCUT2D eigenvalue weighted by atomic mass is 16.5. The first-order chi connectivity index (χ1) is 21.9. The van der Waals surface area contributed by atoms with Crippen LogP contribution in [0.2, 0.25) is 0 Å². The molecule has 5 aromatic rings. The molecule has 0 fully saturated rings.